The van der Waals surface area contributed by atoms with Gasteiger partial charge in [0.25, 0.3) is 0 Å². The number of Topliss-reactive ketones (excluding diaryl/α,β-unsaturated/α-hetero) is 1. The molecule has 1 aromatic heterocycles. The van der Waals surface area contributed by atoms with Crippen molar-refractivity contribution in [2.45, 2.75) is 114 Å². The number of carbonyl (C=O) groups is 3. The van der Waals surface area contributed by atoms with Crippen molar-refractivity contribution in [2.75, 3.05) is 66.4 Å². The number of ether oxygens (including phenoxy) is 5. The summed E-state index contributed by atoms with van der Waals surface area (Å²) in [6.07, 6.45) is 12.7. The third-order valence-corrected chi connectivity index (χ3v) is 20.2. The summed E-state index contributed by atoms with van der Waals surface area (Å²) in [5, 5.41) is 74.1. The van der Waals surface area contributed by atoms with Crippen molar-refractivity contribution in [1.29, 1.82) is 0 Å². The quantitative estimate of drug-likeness (QED) is 0.0273. The van der Waals surface area contributed by atoms with Crippen LogP contribution in [0.1, 0.15) is 104 Å². The molecule has 8 aliphatic rings. The second-order valence-electron chi connectivity index (χ2n) is 24.2. The molecule has 4 aliphatic heterocycles. The van der Waals surface area contributed by atoms with Gasteiger partial charge in [-0.1, -0.05) is 48.1 Å². The van der Waals surface area contributed by atoms with Crippen molar-refractivity contribution in [3.05, 3.63) is 129 Å². The normalized spacial score (nSPS) is 30.6. The predicted molar refractivity (Wildman–Crippen MR) is 300 cm³/mol. The molecule has 3 aromatic carbocycles. The lowest BCUT2D eigenvalue weighted by molar-refractivity contribution is -0.283. The van der Waals surface area contributed by atoms with E-state index in [0.717, 1.165) is 40.6 Å². The van der Waals surface area contributed by atoms with Gasteiger partial charge in [0, 0.05) is 104 Å². The van der Waals surface area contributed by atoms with Crippen LogP contribution in [0.4, 0.5) is 0 Å². The number of hydrogen-bond donors (Lipinski definition) is 7. The van der Waals surface area contributed by atoms with Crippen molar-refractivity contribution in [3.63, 3.8) is 0 Å². The fraction of sp³-hybridized carbons (Fsp3) is 0.523. The number of H-pyrrole nitrogens is 1. The van der Waals surface area contributed by atoms with Crippen LogP contribution < -0.4 is 14.2 Å². The number of piperidine rings is 1. The average molecular weight is 1110 g/mol. The van der Waals surface area contributed by atoms with Gasteiger partial charge in [0.05, 0.1) is 49.2 Å². The Morgan fingerprint density at radius 1 is 1.01 bits per heavy atom. The number of hydrogen-bond acceptors (Lipinski definition) is 15. The number of aromatic amines is 1. The molecule has 7 N–H and O–H groups in total. The van der Waals surface area contributed by atoms with E-state index in [1.807, 2.05) is 60.8 Å². The molecule has 3 fully saturated rings. The van der Waals surface area contributed by atoms with Gasteiger partial charge in [0.2, 0.25) is 5.76 Å². The fourth-order valence-corrected chi connectivity index (χ4v) is 16.3. The van der Waals surface area contributed by atoms with Crippen molar-refractivity contribution < 1.29 is 68.7 Å². The summed E-state index contributed by atoms with van der Waals surface area (Å²) >= 11 is 0. The number of rotatable bonds is 16. The first-order valence-electron chi connectivity index (χ1n) is 29.3. The first kappa shape index (κ1) is 55.6. The zero-order chi connectivity index (χ0) is 56.4. The molecule has 81 heavy (non-hydrogen) atoms. The van der Waals surface area contributed by atoms with E-state index < -0.39 is 76.7 Å². The minimum atomic E-state index is -1.77. The number of aliphatic hydroxyl groups excluding tert-OH is 5. The van der Waals surface area contributed by atoms with E-state index in [-0.39, 0.29) is 96.9 Å². The van der Waals surface area contributed by atoms with Gasteiger partial charge in [-0.05, 0) is 142 Å². The van der Waals surface area contributed by atoms with Crippen LogP contribution in [0.3, 0.4) is 0 Å². The van der Waals surface area contributed by atoms with Crippen LogP contribution in [-0.2, 0) is 49.7 Å². The third kappa shape index (κ3) is 8.80. The van der Waals surface area contributed by atoms with Crippen LogP contribution in [0, 0.1) is 34.5 Å². The monoisotopic (exact) mass is 1110 g/mol. The zero-order valence-electron chi connectivity index (χ0n) is 46.4. The number of nitrogens with one attached hydrogen (secondary N) is 1. The number of aldehydes is 1. The van der Waals surface area contributed by atoms with Crippen molar-refractivity contribution in [2.24, 2.45) is 34.5 Å². The number of aromatic nitrogens is 1. The lowest BCUT2D eigenvalue weighted by atomic mass is 9.35. The molecule has 10 unspecified atom stereocenters. The third-order valence-electron chi connectivity index (χ3n) is 20.2. The highest BCUT2D eigenvalue weighted by Crippen LogP contribution is 2.74. The Balaban J connectivity index is 1.08. The van der Waals surface area contributed by atoms with E-state index in [1.54, 1.807) is 14.0 Å². The summed E-state index contributed by atoms with van der Waals surface area (Å²) < 4.78 is 32.6. The molecule has 2 spiro atoms. The van der Waals surface area contributed by atoms with Gasteiger partial charge < -0.3 is 64.2 Å². The number of benzene rings is 3. The lowest BCUT2D eigenvalue weighted by Gasteiger charge is -2.72. The van der Waals surface area contributed by atoms with Gasteiger partial charge in [-0.15, -0.1) is 0 Å². The summed E-state index contributed by atoms with van der Waals surface area (Å²) in [4.78, 5) is 48.8. The highest BCUT2D eigenvalue weighted by molar-refractivity contribution is 6.11. The standard InChI is InChI=1S/C65H76N2O14/c1-3-78-61(75)59-49(35-71)53-42-26-43(34-70)55(74)46(28-42)45-27-41-14-21-66-51(41)29-40(45)12-10-39(33-69)37-79-57-48-31-64(81-56(48)50(36-72)58(80-59)54(53)57)18-16-62(20-24-68)15-17-63-19-23-67(22-7-25-77-2)32-44(63)30-47(60(62)65(63,64)76)52(73)13-11-38-8-5-4-6-9-38/h4-6,8-9,14,16,18,21,27,29-30,35,39,43-44,46,52,60,66,68-70,72-73,76H,3,7,10-13,15,17,19-20,22-26,28,31-34,36-37H2,1-2H3. The maximum Gasteiger partial charge on any atom is 0.375 e. The number of likely N-dealkylation sites (tertiary alicyclic amines) is 1. The van der Waals surface area contributed by atoms with Gasteiger partial charge in [-0.3, -0.25) is 9.59 Å². The molecule has 0 amide bonds. The lowest BCUT2D eigenvalue weighted by Crippen LogP contribution is -2.80. The van der Waals surface area contributed by atoms with Crippen molar-refractivity contribution in [3.8, 4) is 17.2 Å². The molecule has 6 bridgehead atoms. The van der Waals surface area contributed by atoms with Crippen LogP contribution in [0.15, 0.2) is 95.4 Å². The first-order chi connectivity index (χ1) is 39.3. The maximum absolute atomic E-state index is 15.1. The van der Waals surface area contributed by atoms with Crippen LogP contribution >= 0.6 is 0 Å². The Bertz CT molecular complexity index is 3250. The van der Waals surface area contributed by atoms with Gasteiger partial charge >= 0.3 is 5.97 Å². The number of esters is 1. The zero-order valence-corrected chi connectivity index (χ0v) is 46.4. The molecule has 430 valence electrons. The second-order valence-corrected chi connectivity index (χ2v) is 24.2. The number of aliphatic hydroxyl groups is 6. The Kier molecular flexibility index (Phi) is 15.1. The van der Waals surface area contributed by atoms with E-state index in [2.05, 4.69) is 22.0 Å². The summed E-state index contributed by atoms with van der Waals surface area (Å²) in [5.74, 6) is -4.32. The highest BCUT2D eigenvalue weighted by Gasteiger charge is 2.79. The number of fused-ring (bicyclic) bond motifs is 7. The molecular weight excluding hydrogens is 1030 g/mol. The Labute approximate surface area is 472 Å². The average Bonchev–Trinajstić information content (AvgIpc) is 2.02. The molecule has 5 heterocycles. The molecule has 12 rings (SSSR count). The van der Waals surface area contributed by atoms with Crippen LogP contribution in [0.25, 0.3) is 16.5 Å². The molecular formula is C65H76N2O14. The number of allylic oxidation sites excluding steroid dienone is 4. The molecule has 16 nitrogen and oxygen atoms in total. The number of nitrogens with zero attached hydrogens (tertiary/aromatic N) is 1. The molecule has 16 heteroatoms. The van der Waals surface area contributed by atoms with Gasteiger partial charge in [-0.2, -0.15) is 0 Å². The fourth-order valence-electron chi connectivity index (χ4n) is 16.3. The minimum absolute atomic E-state index is 0.00870. The Morgan fingerprint density at radius 3 is 2.60 bits per heavy atom. The van der Waals surface area contributed by atoms with E-state index in [0.29, 0.717) is 94.1 Å². The largest absolute Gasteiger partial charge is 0.492 e. The summed E-state index contributed by atoms with van der Waals surface area (Å²) in [6, 6.07) is 16.0. The second kappa shape index (κ2) is 22.0. The van der Waals surface area contributed by atoms with Crippen LogP contribution in [-0.4, -0.2) is 142 Å². The molecule has 4 aromatic rings. The SMILES string of the molecule is CCOC(=O)C1=C(C=O)C2=C3CC(CO)C(=O)C(C3)c3cc4cc[nH]c4cc3CCC(CO)COc3c4c(c(CO)c(c32)O1)OC1(C=CC2(CCO)CCC35CCN(CCCOC)CC3C=C(C(O)CCc3ccccc3)C2C15O)C4. The van der Waals surface area contributed by atoms with Crippen molar-refractivity contribution in [1.82, 2.24) is 9.88 Å². The Morgan fingerprint density at radius 2 is 1.85 bits per heavy atom. The van der Waals surface area contributed by atoms with E-state index in [4.69, 9.17) is 23.7 Å². The molecule has 4 aliphatic carbocycles. The number of aryl methyl sites for hydroxylation is 2. The van der Waals surface area contributed by atoms with E-state index in [1.165, 1.54) is 0 Å². The maximum atomic E-state index is 15.1. The topological polar surface area (TPSA) is 238 Å². The van der Waals surface area contributed by atoms with Gasteiger partial charge in [0.1, 0.15) is 28.6 Å². The predicted octanol–water partition coefficient (Wildman–Crippen LogP) is 6.54. The summed E-state index contributed by atoms with van der Waals surface area (Å²) in [6.45, 7) is 2.60. The molecule has 1 saturated heterocycles. The smallest absolute Gasteiger partial charge is 0.375 e. The Hall–Kier alpha value is -5.95. The van der Waals surface area contributed by atoms with Crippen LogP contribution in [0.2, 0.25) is 0 Å². The minimum Gasteiger partial charge on any atom is -0.492 e. The molecule has 0 radical (unpaired) electrons. The first-order valence-corrected chi connectivity index (χ1v) is 29.3. The van der Waals surface area contributed by atoms with Crippen LogP contribution in [0.5, 0.6) is 17.2 Å². The summed E-state index contributed by atoms with van der Waals surface area (Å²) in [5.41, 5.74) is 0.838. The van der Waals surface area contributed by atoms with Gasteiger partial charge in [0.15, 0.2) is 11.9 Å². The highest BCUT2D eigenvalue weighted by atomic mass is 16.6. The van der Waals surface area contributed by atoms with E-state index >= 15 is 5.11 Å². The molecule has 2 saturated carbocycles. The number of carbonyl (C=O) groups excluding carboxylic acids is 3. The number of ketones is 1. The van der Waals surface area contributed by atoms with Gasteiger partial charge in [-0.25, -0.2) is 4.79 Å². The molecule has 10 atom stereocenters. The van der Waals surface area contributed by atoms with E-state index in [9.17, 15) is 39.9 Å². The number of methoxy groups -OCH3 is 1. The summed E-state index contributed by atoms with van der Waals surface area (Å²) in [7, 11) is 1.70. The van der Waals surface area contributed by atoms with Crippen molar-refractivity contribution >= 4 is 34.5 Å².